The van der Waals surface area contributed by atoms with Crippen LogP contribution in [0.5, 0.6) is 0 Å². The summed E-state index contributed by atoms with van der Waals surface area (Å²) in [6.45, 7) is 0. The first kappa shape index (κ1) is 9.07. The summed E-state index contributed by atoms with van der Waals surface area (Å²) in [5, 5.41) is 0. The van der Waals surface area contributed by atoms with Gasteiger partial charge in [-0.05, 0) is 0 Å². The second-order valence-electron chi connectivity index (χ2n) is 0.875. The molecule has 0 nitrogen and oxygen atoms in total. The van der Waals surface area contributed by atoms with Gasteiger partial charge in [0, 0.05) is 0 Å². The van der Waals surface area contributed by atoms with Crippen LogP contribution in [0.25, 0.3) is 0 Å². The van der Waals surface area contributed by atoms with E-state index >= 15 is 0 Å². The summed E-state index contributed by atoms with van der Waals surface area (Å²) in [7, 11) is 16.7. The maximum atomic E-state index is 12.1. The van der Waals surface area contributed by atoms with Gasteiger partial charge in [0.15, 0.2) is 0 Å². The molecule has 0 atom stereocenters. The number of halogens is 6. The number of hydrogen-bond acceptors (Lipinski definition) is 0. The SMILES string of the molecule is [F][W]([Cl])([Cl])([Cl])([Cl])[Cl]. The molecule has 7 heavy (non-hydrogen) atoms. The molecular formula is Cl5FW. The fourth-order valence-electron chi connectivity index (χ4n) is 0. The molecule has 0 aromatic carbocycles. The van der Waals surface area contributed by atoms with Crippen molar-refractivity contribution in [3.05, 3.63) is 0 Å². The third-order valence-corrected chi connectivity index (χ3v) is 0. The molecule has 0 spiro atoms. The first-order chi connectivity index (χ1) is 2.45. The molecule has 0 radical (unpaired) electrons. The molecule has 0 saturated heterocycles. The average Bonchev–Trinajstić information content (AvgIpc) is 0.592. The van der Waals surface area contributed by atoms with Gasteiger partial charge in [0.25, 0.3) is 0 Å². The maximum absolute atomic E-state index is 12.1. The zero-order valence-corrected chi connectivity index (χ0v) is 9.39. The van der Waals surface area contributed by atoms with E-state index in [-0.39, 0.29) is 0 Å². The van der Waals surface area contributed by atoms with E-state index in [0.717, 1.165) is 0 Å². The molecule has 0 unspecified atom stereocenters. The topological polar surface area (TPSA) is 0 Å². The Morgan fingerprint density at radius 2 is 0.857 bits per heavy atom. The fourth-order valence-corrected chi connectivity index (χ4v) is 0. The van der Waals surface area contributed by atoms with Crippen molar-refractivity contribution >= 4 is 47.1 Å². The summed E-state index contributed by atoms with van der Waals surface area (Å²) in [5.41, 5.74) is 0. The molecular weight excluding hydrogens is 380 g/mol. The second-order valence-corrected chi connectivity index (χ2v) is 50.1. The summed E-state index contributed by atoms with van der Waals surface area (Å²) in [6.07, 6.45) is 0. The normalized spacial score (nSPS) is 23.1. The molecule has 0 aliphatic carbocycles. The van der Waals surface area contributed by atoms with E-state index in [1.807, 2.05) is 0 Å². The van der Waals surface area contributed by atoms with Gasteiger partial charge in [-0.3, -0.25) is 0 Å². The van der Waals surface area contributed by atoms with E-state index < -0.39 is 8.88 Å². The standard InChI is InChI=1S/5ClH.FH.W/h6*1H;/q;;;;;;+6/p-6. The predicted octanol–water partition coefficient (Wildman–Crippen LogP) is 3.87. The van der Waals surface area contributed by atoms with Crippen molar-refractivity contribution in [2.45, 2.75) is 0 Å². The van der Waals surface area contributed by atoms with Crippen molar-refractivity contribution in [3.63, 3.8) is 0 Å². The second kappa shape index (κ2) is 1.38. The van der Waals surface area contributed by atoms with Crippen molar-refractivity contribution in [1.29, 1.82) is 0 Å². The summed E-state index contributed by atoms with van der Waals surface area (Å²) in [6, 6.07) is 0. The molecule has 0 saturated carbocycles. The quantitative estimate of drug-likeness (QED) is 0.599. The van der Waals surface area contributed by atoms with Crippen molar-refractivity contribution in [3.8, 4) is 0 Å². The van der Waals surface area contributed by atoms with Gasteiger partial charge >= 0.3 is 59.1 Å². The third-order valence-electron chi connectivity index (χ3n) is 0. The zero-order valence-electron chi connectivity index (χ0n) is 2.68. The molecule has 0 bridgehead atoms. The minimum atomic E-state index is -6.44. The van der Waals surface area contributed by atoms with Gasteiger partial charge in [-0.15, -0.1) is 0 Å². The van der Waals surface area contributed by atoms with E-state index in [9.17, 15) is 3.16 Å². The Morgan fingerprint density at radius 3 is 0.857 bits per heavy atom. The summed E-state index contributed by atoms with van der Waals surface area (Å²) < 4.78 is 12.1. The van der Waals surface area contributed by atoms with Crippen LogP contribution in [-0.4, -0.2) is 0 Å². The molecule has 0 aliphatic rings. The van der Waals surface area contributed by atoms with Crippen LogP contribution in [0.2, 0.25) is 0 Å². The minimum absolute atomic E-state index is 4.64. The summed E-state index contributed by atoms with van der Waals surface area (Å²) in [4.78, 5) is 0. The molecule has 7 heteroatoms. The van der Waals surface area contributed by atoms with E-state index in [2.05, 4.69) is 47.1 Å². The monoisotopic (exact) mass is 378 g/mol. The first-order valence-corrected chi connectivity index (χ1v) is 20.2. The van der Waals surface area contributed by atoms with Crippen LogP contribution in [0.1, 0.15) is 0 Å². The Labute approximate surface area is 58.6 Å². The van der Waals surface area contributed by atoms with Crippen LogP contribution in [-0.2, 0) is 8.88 Å². The van der Waals surface area contributed by atoms with E-state index in [1.54, 1.807) is 0 Å². The fraction of sp³-hybridized carbons (Fsp3) is 0. The number of rotatable bonds is 0. The number of hydrogen-bond donors (Lipinski definition) is 0. The van der Waals surface area contributed by atoms with Crippen molar-refractivity contribution in [1.82, 2.24) is 0 Å². The van der Waals surface area contributed by atoms with Crippen LogP contribution < -0.4 is 0 Å². The Morgan fingerprint density at radius 1 is 0.857 bits per heavy atom. The molecule has 0 amide bonds. The van der Waals surface area contributed by atoms with E-state index in [4.69, 9.17) is 0 Å². The van der Waals surface area contributed by atoms with E-state index in [1.165, 1.54) is 0 Å². The zero-order chi connectivity index (χ0) is 6.41. The first-order valence-electron chi connectivity index (χ1n) is 0.926. The summed E-state index contributed by atoms with van der Waals surface area (Å²) >= 11 is 0. The van der Waals surface area contributed by atoms with Crippen LogP contribution in [0.3, 0.4) is 0 Å². The predicted molar refractivity (Wildman–Crippen MR) is 30.4 cm³/mol. The molecule has 0 N–H and O–H groups in total. The van der Waals surface area contributed by atoms with E-state index in [0.29, 0.717) is 0 Å². The molecule has 0 heterocycles. The van der Waals surface area contributed by atoms with Gasteiger partial charge in [0.05, 0.1) is 0 Å². The molecule has 48 valence electrons. The van der Waals surface area contributed by atoms with Gasteiger partial charge < -0.3 is 0 Å². The van der Waals surface area contributed by atoms with Gasteiger partial charge in [-0.25, -0.2) is 0 Å². The average molecular weight is 380 g/mol. The van der Waals surface area contributed by atoms with Crippen LogP contribution in [0, 0.1) is 0 Å². The summed E-state index contributed by atoms with van der Waals surface area (Å²) in [5.74, 6) is 0. The Kier molecular flexibility index (Phi) is 1.79. The van der Waals surface area contributed by atoms with Crippen LogP contribution in [0.4, 0.5) is 3.16 Å². The molecule has 0 aliphatic heterocycles. The van der Waals surface area contributed by atoms with Crippen LogP contribution in [0.15, 0.2) is 0 Å². The molecule has 0 fully saturated rings. The van der Waals surface area contributed by atoms with Crippen LogP contribution >= 0.6 is 47.1 Å². The molecule has 0 aromatic heterocycles. The van der Waals surface area contributed by atoms with Gasteiger partial charge in [-0.1, -0.05) is 0 Å². The molecule has 0 aromatic rings. The Hall–Kier alpha value is 2.07. The third kappa shape index (κ3) is 69.5. The van der Waals surface area contributed by atoms with Crippen molar-refractivity contribution in [2.24, 2.45) is 0 Å². The van der Waals surface area contributed by atoms with Crippen molar-refractivity contribution in [2.75, 3.05) is 0 Å². The Balaban J connectivity index is 4.43. The van der Waals surface area contributed by atoms with Gasteiger partial charge in [0.1, 0.15) is 0 Å². The van der Waals surface area contributed by atoms with Gasteiger partial charge in [-0.2, -0.15) is 0 Å². The Bertz CT molecular complexity index is 66.6. The molecule has 0 rings (SSSR count). The van der Waals surface area contributed by atoms with Gasteiger partial charge in [0.2, 0.25) is 0 Å². The van der Waals surface area contributed by atoms with Crippen molar-refractivity contribution < 1.29 is 12.0 Å².